The van der Waals surface area contributed by atoms with Gasteiger partial charge in [-0.15, -0.1) is 0 Å². The highest BCUT2D eigenvalue weighted by molar-refractivity contribution is 9.10. The van der Waals surface area contributed by atoms with Gasteiger partial charge in [0.2, 0.25) is 0 Å². The Hall–Kier alpha value is -0.0900. The van der Waals surface area contributed by atoms with Gasteiger partial charge < -0.3 is 5.32 Å². The van der Waals surface area contributed by atoms with Crippen LogP contribution in [0.3, 0.4) is 0 Å². The molecule has 2 unspecified atom stereocenters. The largest absolute Gasteiger partial charge is 0.311 e. The van der Waals surface area contributed by atoms with E-state index in [9.17, 15) is 0 Å². The van der Waals surface area contributed by atoms with E-state index < -0.39 is 0 Å². The lowest BCUT2D eigenvalue weighted by Gasteiger charge is -2.39. The summed E-state index contributed by atoms with van der Waals surface area (Å²) >= 11 is 9.80. The van der Waals surface area contributed by atoms with Crippen LogP contribution in [-0.2, 0) is 6.54 Å². The smallest absolute Gasteiger partial charge is 0.0462 e. The van der Waals surface area contributed by atoms with E-state index >= 15 is 0 Å². The summed E-state index contributed by atoms with van der Waals surface area (Å²) < 4.78 is 1.04. The molecule has 1 aliphatic heterocycles. The number of hydrogen-bond acceptors (Lipinski definition) is 2. The van der Waals surface area contributed by atoms with Crippen LogP contribution in [0.4, 0.5) is 0 Å². The van der Waals surface area contributed by atoms with Gasteiger partial charge in [0, 0.05) is 41.2 Å². The van der Waals surface area contributed by atoms with Crippen molar-refractivity contribution in [2.75, 3.05) is 13.1 Å². The first kappa shape index (κ1) is 15.3. The van der Waals surface area contributed by atoms with E-state index in [0.717, 1.165) is 29.1 Å². The Morgan fingerprint density at radius 2 is 2.26 bits per heavy atom. The Labute approximate surface area is 129 Å². The van der Waals surface area contributed by atoms with Crippen LogP contribution in [0, 0.1) is 0 Å². The van der Waals surface area contributed by atoms with Gasteiger partial charge in [-0.2, -0.15) is 0 Å². The molecular weight excluding hydrogens is 324 g/mol. The minimum Gasteiger partial charge on any atom is -0.311 e. The Balaban J connectivity index is 2.09. The SMILES string of the molecule is CCCC1CNC(C)CN1Cc1ccc(Br)cc1Cl. The van der Waals surface area contributed by atoms with Gasteiger partial charge in [-0.05, 0) is 31.0 Å². The van der Waals surface area contributed by atoms with Crippen molar-refractivity contribution in [2.24, 2.45) is 0 Å². The second kappa shape index (κ2) is 7.07. The summed E-state index contributed by atoms with van der Waals surface area (Å²) in [6, 6.07) is 7.37. The van der Waals surface area contributed by atoms with E-state index in [1.165, 1.54) is 18.4 Å². The Bertz CT molecular complexity index is 425. The summed E-state index contributed by atoms with van der Waals surface area (Å²) in [5, 5.41) is 4.43. The first-order chi connectivity index (χ1) is 9.10. The average molecular weight is 346 g/mol. The molecule has 1 aliphatic rings. The molecule has 1 heterocycles. The summed E-state index contributed by atoms with van der Waals surface area (Å²) in [5.74, 6) is 0. The third-order valence-electron chi connectivity index (χ3n) is 3.74. The first-order valence-corrected chi connectivity index (χ1v) is 8.18. The molecule has 1 fully saturated rings. The molecule has 1 saturated heterocycles. The van der Waals surface area contributed by atoms with Crippen LogP contribution in [-0.4, -0.2) is 30.1 Å². The standard InChI is InChI=1S/C15H22BrClN2/c1-3-4-14-8-18-11(2)9-19(14)10-12-5-6-13(16)7-15(12)17/h5-7,11,14,18H,3-4,8-10H2,1-2H3. The second-order valence-corrected chi connectivity index (χ2v) is 6.74. The highest BCUT2D eigenvalue weighted by Gasteiger charge is 2.25. The molecule has 2 rings (SSSR count). The number of hydrogen-bond donors (Lipinski definition) is 1. The molecule has 19 heavy (non-hydrogen) atoms. The van der Waals surface area contributed by atoms with Gasteiger partial charge in [0.05, 0.1) is 0 Å². The highest BCUT2D eigenvalue weighted by Crippen LogP contribution is 2.24. The van der Waals surface area contributed by atoms with E-state index in [1.54, 1.807) is 0 Å². The summed E-state index contributed by atoms with van der Waals surface area (Å²) in [5.41, 5.74) is 1.22. The maximum atomic E-state index is 6.34. The molecule has 0 aromatic heterocycles. The normalized spacial score (nSPS) is 24.6. The van der Waals surface area contributed by atoms with E-state index in [4.69, 9.17) is 11.6 Å². The minimum absolute atomic E-state index is 0.558. The molecule has 1 N–H and O–H groups in total. The second-order valence-electron chi connectivity index (χ2n) is 5.42. The Morgan fingerprint density at radius 1 is 1.47 bits per heavy atom. The molecule has 2 nitrogen and oxygen atoms in total. The van der Waals surface area contributed by atoms with Gasteiger partial charge in [-0.25, -0.2) is 0 Å². The quantitative estimate of drug-likeness (QED) is 0.885. The van der Waals surface area contributed by atoms with Crippen molar-refractivity contribution in [3.8, 4) is 0 Å². The lowest BCUT2D eigenvalue weighted by atomic mass is 10.0. The molecule has 0 amide bonds. The van der Waals surface area contributed by atoms with Gasteiger partial charge >= 0.3 is 0 Å². The maximum absolute atomic E-state index is 6.34. The number of piperazine rings is 1. The van der Waals surface area contributed by atoms with E-state index in [-0.39, 0.29) is 0 Å². The minimum atomic E-state index is 0.558. The number of rotatable bonds is 4. The predicted molar refractivity (Wildman–Crippen MR) is 85.7 cm³/mol. The van der Waals surface area contributed by atoms with Crippen LogP contribution in [0.1, 0.15) is 32.3 Å². The zero-order valence-electron chi connectivity index (χ0n) is 11.6. The van der Waals surface area contributed by atoms with Crippen molar-refractivity contribution in [3.63, 3.8) is 0 Å². The molecular formula is C15H22BrClN2. The van der Waals surface area contributed by atoms with Crippen LogP contribution in [0.5, 0.6) is 0 Å². The zero-order chi connectivity index (χ0) is 13.8. The van der Waals surface area contributed by atoms with Gasteiger partial charge in [-0.1, -0.05) is 46.9 Å². The Morgan fingerprint density at radius 3 is 2.95 bits per heavy atom. The van der Waals surface area contributed by atoms with Crippen molar-refractivity contribution in [2.45, 2.75) is 45.3 Å². The van der Waals surface area contributed by atoms with Crippen molar-refractivity contribution < 1.29 is 0 Å². The maximum Gasteiger partial charge on any atom is 0.0462 e. The average Bonchev–Trinajstić information content (AvgIpc) is 2.36. The fourth-order valence-corrected chi connectivity index (χ4v) is 3.45. The molecule has 4 heteroatoms. The van der Waals surface area contributed by atoms with Crippen molar-refractivity contribution in [3.05, 3.63) is 33.3 Å². The summed E-state index contributed by atoms with van der Waals surface area (Å²) in [4.78, 5) is 2.57. The fraction of sp³-hybridized carbons (Fsp3) is 0.600. The van der Waals surface area contributed by atoms with Crippen molar-refractivity contribution >= 4 is 27.5 Å². The monoisotopic (exact) mass is 344 g/mol. The Kier molecular flexibility index (Phi) is 5.70. The van der Waals surface area contributed by atoms with E-state index in [2.05, 4.69) is 52.1 Å². The van der Waals surface area contributed by atoms with Gasteiger partial charge in [0.25, 0.3) is 0 Å². The van der Waals surface area contributed by atoms with Crippen LogP contribution >= 0.6 is 27.5 Å². The molecule has 0 saturated carbocycles. The number of nitrogens with zero attached hydrogens (tertiary/aromatic N) is 1. The van der Waals surface area contributed by atoms with Gasteiger partial charge in [-0.3, -0.25) is 4.90 Å². The van der Waals surface area contributed by atoms with Gasteiger partial charge in [0.1, 0.15) is 0 Å². The van der Waals surface area contributed by atoms with Crippen molar-refractivity contribution in [1.82, 2.24) is 10.2 Å². The molecule has 2 atom stereocenters. The molecule has 0 radical (unpaired) electrons. The summed E-state index contributed by atoms with van der Waals surface area (Å²) in [6.45, 7) is 7.63. The third-order valence-corrected chi connectivity index (χ3v) is 4.58. The summed E-state index contributed by atoms with van der Waals surface area (Å²) in [7, 11) is 0. The highest BCUT2D eigenvalue weighted by atomic mass is 79.9. The molecule has 0 bridgehead atoms. The number of nitrogens with one attached hydrogen (secondary N) is 1. The fourth-order valence-electron chi connectivity index (χ4n) is 2.71. The number of benzene rings is 1. The molecule has 0 aliphatic carbocycles. The topological polar surface area (TPSA) is 15.3 Å². The van der Waals surface area contributed by atoms with Crippen LogP contribution in [0.25, 0.3) is 0 Å². The third kappa shape index (κ3) is 4.19. The van der Waals surface area contributed by atoms with Crippen LogP contribution in [0.15, 0.2) is 22.7 Å². The number of halogens is 2. The van der Waals surface area contributed by atoms with Crippen molar-refractivity contribution in [1.29, 1.82) is 0 Å². The van der Waals surface area contributed by atoms with Crippen LogP contribution in [0.2, 0.25) is 5.02 Å². The lowest BCUT2D eigenvalue weighted by molar-refractivity contribution is 0.120. The zero-order valence-corrected chi connectivity index (χ0v) is 14.0. The molecule has 106 valence electrons. The first-order valence-electron chi connectivity index (χ1n) is 7.01. The van der Waals surface area contributed by atoms with Crippen LogP contribution < -0.4 is 5.32 Å². The lowest BCUT2D eigenvalue weighted by Crippen LogP contribution is -2.54. The predicted octanol–water partition coefficient (Wildman–Crippen LogP) is 4.06. The molecule has 1 aromatic rings. The van der Waals surface area contributed by atoms with Gasteiger partial charge in [0.15, 0.2) is 0 Å². The molecule has 1 aromatic carbocycles. The molecule has 0 spiro atoms. The van der Waals surface area contributed by atoms with E-state index in [0.29, 0.717) is 12.1 Å². The van der Waals surface area contributed by atoms with E-state index in [1.807, 2.05) is 6.07 Å². The summed E-state index contributed by atoms with van der Waals surface area (Å²) in [6.07, 6.45) is 2.47.